The Hall–Kier alpha value is -2.56. The largest absolute Gasteiger partial charge is 0.497 e. The summed E-state index contributed by atoms with van der Waals surface area (Å²) in [4.78, 5) is 4.50. The minimum Gasteiger partial charge on any atom is -0.497 e. The Morgan fingerprint density at radius 2 is 2.10 bits per heavy atom. The summed E-state index contributed by atoms with van der Waals surface area (Å²) in [6.07, 6.45) is 1.87. The lowest BCUT2D eigenvalue weighted by Gasteiger charge is -1.96. The normalized spacial score (nSPS) is 10.9. The van der Waals surface area contributed by atoms with Crippen molar-refractivity contribution in [2.75, 3.05) is 7.11 Å². The second kappa shape index (κ2) is 5.09. The number of aryl methyl sites for hydroxylation is 1. The molecule has 0 saturated heterocycles. The van der Waals surface area contributed by atoms with Gasteiger partial charge in [0.05, 0.1) is 13.3 Å². The van der Waals surface area contributed by atoms with Crippen molar-refractivity contribution in [3.63, 3.8) is 0 Å². The van der Waals surface area contributed by atoms with E-state index in [2.05, 4.69) is 10.1 Å². The van der Waals surface area contributed by atoms with Crippen LogP contribution in [-0.2, 0) is 0 Å². The predicted molar refractivity (Wildman–Crippen MR) is 82.9 cm³/mol. The van der Waals surface area contributed by atoms with E-state index in [0.717, 1.165) is 39.7 Å². The number of furan rings is 1. The van der Waals surface area contributed by atoms with Crippen molar-refractivity contribution in [2.24, 2.45) is 5.10 Å². The number of benzene rings is 1. The number of fused-ring (bicyclic) bond motifs is 1. The molecule has 2 heterocycles. The lowest BCUT2D eigenvalue weighted by atomic mass is 10.2. The number of ether oxygens (including phenoxy) is 1. The van der Waals surface area contributed by atoms with Gasteiger partial charge in [-0.25, -0.2) is 9.66 Å². The van der Waals surface area contributed by atoms with Gasteiger partial charge in [0, 0.05) is 17.2 Å². The molecule has 1 aromatic carbocycles. The molecule has 0 amide bonds. The number of hydrogen-bond donors (Lipinski definition) is 0. The summed E-state index contributed by atoms with van der Waals surface area (Å²) in [6, 6.07) is 7.73. The van der Waals surface area contributed by atoms with Crippen molar-refractivity contribution in [3.05, 3.63) is 36.3 Å². The van der Waals surface area contributed by atoms with E-state index in [1.165, 1.54) is 0 Å². The number of imidazole rings is 1. The van der Waals surface area contributed by atoms with E-state index in [-0.39, 0.29) is 0 Å². The molecule has 5 nitrogen and oxygen atoms in total. The minimum absolute atomic E-state index is 0.726. The van der Waals surface area contributed by atoms with E-state index in [1.807, 2.05) is 51.2 Å². The summed E-state index contributed by atoms with van der Waals surface area (Å²) in [6.45, 7) is 5.82. The zero-order valence-corrected chi connectivity index (χ0v) is 12.5. The lowest BCUT2D eigenvalue weighted by Crippen LogP contribution is -1.93. The summed E-state index contributed by atoms with van der Waals surface area (Å²) in [5, 5.41) is 5.42. The second-order valence-electron chi connectivity index (χ2n) is 5.08. The van der Waals surface area contributed by atoms with Gasteiger partial charge in [-0.2, -0.15) is 5.10 Å². The summed E-state index contributed by atoms with van der Waals surface area (Å²) in [5.41, 5.74) is 2.52. The first kappa shape index (κ1) is 13.4. The summed E-state index contributed by atoms with van der Waals surface area (Å²) in [5.74, 6) is 2.32. The Morgan fingerprint density at radius 3 is 2.81 bits per heavy atom. The zero-order chi connectivity index (χ0) is 15.0. The van der Waals surface area contributed by atoms with Crippen LogP contribution < -0.4 is 4.74 Å². The fraction of sp³-hybridized carbons (Fsp3) is 0.250. The average molecular weight is 283 g/mol. The third-order valence-corrected chi connectivity index (χ3v) is 3.15. The Labute approximate surface area is 122 Å². The maximum absolute atomic E-state index is 5.87. The standard InChI is InChI=1S/C16H17N3O2/c1-10(2)18-19-9-14(17-11(19)3)16-7-12-5-6-13(20-4)8-15(12)21-16/h5-9H,1-4H3. The Balaban J connectivity index is 2.06. The minimum atomic E-state index is 0.726. The van der Waals surface area contributed by atoms with Crippen molar-refractivity contribution in [3.8, 4) is 17.2 Å². The maximum atomic E-state index is 5.87. The molecule has 3 aromatic rings. The highest BCUT2D eigenvalue weighted by molar-refractivity contribution is 5.83. The van der Waals surface area contributed by atoms with Crippen LogP contribution in [-0.4, -0.2) is 22.5 Å². The topological polar surface area (TPSA) is 52.5 Å². The van der Waals surface area contributed by atoms with Crippen LogP contribution in [0.4, 0.5) is 0 Å². The maximum Gasteiger partial charge on any atom is 0.155 e. The van der Waals surface area contributed by atoms with Crippen LogP contribution in [0.2, 0.25) is 0 Å². The van der Waals surface area contributed by atoms with Crippen LogP contribution in [0.5, 0.6) is 5.75 Å². The van der Waals surface area contributed by atoms with Crippen LogP contribution in [0.15, 0.2) is 40.0 Å². The Morgan fingerprint density at radius 1 is 1.29 bits per heavy atom. The zero-order valence-electron chi connectivity index (χ0n) is 12.5. The highest BCUT2D eigenvalue weighted by Crippen LogP contribution is 2.29. The molecule has 2 aromatic heterocycles. The molecular weight excluding hydrogens is 266 g/mol. The molecule has 5 heteroatoms. The number of hydrogen-bond acceptors (Lipinski definition) is 4. The van der Waals surface area contributed by atoms with Gasteiger partial charge in [-0.1, -0.05) is 0 Å². The quantitative estimate of drug-likeness (QED) is 0.686. The third-order valence-electron chi connectivity index (χ3n) is 3.15. The molecule has 0 atom stereocenters. The monoisotopic (exact) mass is 283 g/mol. The molecule has 0 N–H and O–H groups in total. The van der Waals surface area contributed by atoms with Gasteiger partial charge in [0.1, 0.15) is 22.9 Å². The molecule has 0 aliphatic rings. The molecule has 0 bridgehead atoms. The molecule has 0 saturated carbocycles. The van der Waals surface area contributed by atoms with E-state index >= 15 is 0 Å². The van der Waals surface area contributed by atoms with Crippen molar-refractivity contribution in [1.82, 2.24) is 9.66 Å². The number of methoxy groups -OCH3 is 1. The molecule has 3 rings (SSSR count). The predicted octanol–water partition coefficient (Wildman–Crippen LogP) is 3.86. The Bertz CT molecular complexity index is 823. The first-order chi connectivity index (χ1) is 10.1. The molecule has 0 aliphatic heterocycles. The van der Waals surface area contributed by atoms with Crippen LogP contribution in [0.3, 0.4) is 0 Å². The van der Waals surface area contributed by atoms with Gasteiger partial charge in [0.25, 0.3) is 0 Å². The first-order valence-corrected chi connectivity index (χ1v) is 6.73. The number of nitrogens with zero attached hydrogens (tertiary/aromatic N) is 3. The first-order valence-electron chi connectivity index (χ1n) is 6.73. The molecule has 0 spiro atoms. The molecule has 0 unspecified atom stereocenters. The highest BCUT2D eigenvalue weighted by atomic mass is 16.5. The fourth-order valence-corrected chi connectivity index (χ4v) is 2.16. The van der Waals surface area contributed by atoms with E-state index in [1.54, 1.807) is 11.8 Å². The van der Waals surface area contributed by atoms with E-state index in [0.29, 0.717) is 0 Å². The van der Waals surface area contributed by atoms with Gasteiger partial charge in [0.15, 0.2) is 5.76 Å². The van der Waals surface area contributed by atoms with Crippen LogP contribution in [0, 0.1) is 6.92 Å². The summed E-state index contributed by atoms with van der Waals surface area (Å²) >= 11 is 0. The van der Waals surface area contributed by atoms with Gasteiger partial charge in [-0.15, -0.1) is 0 Å². The van der Waals surface area contributed by atoms with Crippen LogP contribution >= 0.6 is 0 Å². The van der Waals surface area contributed by atoms with Crippen molar-refractivity contribution in [1.29, 1.82) is 0 Å². The fourth-order valence-electron chi connectivity index (χ4n) is 2.16. The smallest absolute Gasteiger partial charge is 0.155 e. The van der Waals surface area contributed by atoms with Crippen molar-refractivity contribution in [2.45, 2.75) is 20.8 Å². The van der Waals surface area contributed by atoms with Gasteiger partial charge in [0.2, 0.25) is 0 Å². The van der Waals surface area contributed by atoms with Gasteiger partial charge in [-0.3, -0.25) is 0 Å². The number of rotatable bonds is 3. The second-order valence-corrected chi connectivity index (χ2v) is 5.08. The molecule has 0 fully saturated rings. The molecule has 0 radical (unpaired) electrons. The molecule has 108 valence electrons. The number of aromatic nitrogens is 2. The van der Waals surface area contributed by atoms with Gasteiger partial charge < -0.3 is 9.15 Å². The third kappa shape index (κ3) is 2.54. The summed E-state index contributed by atoms with van der Waals surface area (Å²) < 4.78 is 12.8. The lowest BCUT2D eigenvalue weighted by molar-refractivity contribution is 0.414. The summed E-state index contributed by atoms with van der Waals surface area (Å²) in [7, 11) is 1.64. The average Bonchev–Trinajstić information content (AvgIpc) is 3.01. The van der Waals surface area contributed by atoms with E-state index in [4.69, 9.17) is 9.15 Å². The molecular formula is C16H17N3O2. The van der Waals surface area contributed by atoms with Gasteiger partial charge >= 0.3 is 0 Å². The van der Waals surface area contributed by atoms with Crippen molar-refractivity contribution >= 4 is 16.7 Å². The Kier molecular flexibility index (Phi) is 3.25. The van der Waals surface area contributed by atoms with Crippen LogP contribution in [0.1, 0.15) is 19.7 Å². The van der Waals surface area contributed by atoms with E-state index < -0.39 is 0 Å². The molecule has 21 heavy (non-hydrogen) atoms. The highest BCUT2D eigenvalue weighted by Gasteiger charge is 2.12. The van der Waals surface area contributed by atoms with E-state index in [9.17, 15) is 0 Å². The molecule has 0 aliphatic carbocycles. The van der Waals surface area contributed by atoms with Gasteiger partial charge in [-0.05, 0) is 39.0 Å². The SMILES string of the molecule is COc1ccc2cc(-c3cn(N=C(C)C)c(C)n3)oc2c1. The van der Waals surface area contributed by atoms with Crippen LogP contribution in [0.25, 0.3) is 22.4 Å². The van der Waals surface area contributed by atoms with Crippen molar-refractivity contribution < 1.29 is 9.15 Å².